The molecule has 0 radical (unpaired) electrons. The van der Waals surface area contributed by atoms with E-state index < -0.39 is 5.97 Å². The van der Waals surface area contributed by atoms with Crippen LogP contribution in [0.3, 0.4) is 0 Å². The van der Waals surface area contributed by atoms with Crippen molar-refractivity contribution in [2.75, 3.05) is 20.6 Å². The van der Waals surface area contributed by atoms with Gasteiger partial charge >= 0.3 is 12.0 Å². The second-order valence-electron chi connectivity index (χ2n) is 5.07. The average molecular weight is 245 g/mol. The molecule has 6 nitrogen and oxygen atoms in total. The lowest BCUT2D eigenvalue weighted by Crippen LogP contribution is -2.44. The fourth-order valence-electron chi connectivity index (χ4n) is 1.33. The van der Waals surface area contributed by atoms with Crippen LogP contribution < -0.4 is 10.7 Å². The van der Waals surface area contributed by atoms with Crippen LogP contribution in [-0.2, 0) is 4.79 Å². The number of nitrogens with one attached hydrogen (secondary N) is 2. The largest absolute Gasteiger partial charge is 0.481 e. The quantitative estimate of drug-likeness (QED) is 0.585. The highest BCUT2D eigenvalue weighted by atomic mass is 16.4. The van der Waals surface area contributed by atoms with Crippen LogP contribution in [0.1, 0.15) is 33.1 Å². The number of hydrogen-bond acceptors (Lipinski definition) is 3. The van der Waals surface area contributed by atoms with Crippen LogP contribution in [-0.4, -0.2) is 42.8 Å². The molecule has 3 N–H and O–H groups in total. The topological polar surface area (TPSA) is 81.7 Å². The van der Waals surface area contributed by atoms with Crippen LogP contribution in [0.15, 0.2) is 0 Å². The maximum Gasteiger partial charge on any atom is 0.329 e. The van der Waals surface area contributed by atoms with Gasteiger partial charge in [-0.05, 0) is 18.3 Å². The predicted molar refractivity (Wildman–Crippen MR) is 65.5 cm³/mol. The van der Waals surface area contributed by atoms with Gasteiger partial charge in [-0.25, -0.2) is 9.80 Å². The third-order valence-electron chi connectivity index (χ3n) is 2.43. The lowest BCUT2D eigenvalue weighted by molar-refractivity contribution is -0.137. The molecule has 0 saturated carbocycles. The average Bonchev–Trinajstić information content (AvgIpc) is 2.13. The van der Waals surface area contributed by atoms with Crippen LogP contribution in [0.4, 0.5) is 4.79 Å². The summed E-state index contributed by atoms with van der Waals surface area (Å²) in [7, 11) is 3.47. The van der Waals surface area contributed by atoms with Gasteiger partial charge < -0.3 is 10.4 Å². The first kappa shape index (κ1) is 15.7. The molecule has 100 valence electrons. The summed E-state index contributed by atoms with van der Waals surface area (Å²) < 4.78 is 0. The second kappa shape index (κ2) is 7.11. The highest BCUT2D eigenvalue weighted by Crippen LogP contribution is 2.25. The molecule has 0 aliphatic rings. The molecule has 17 heavy (non-hydrogen) atoms. The molecule has 0 heterocycles. The molecular formula is C11H23N3O3. The molecule has 0 aromatic rings. The van der Waals surface area contributed by atoms with Gasteiger partial charge in [0.25, 0.3) is 0 Å². The standard InChI is InChI=1S/C11H23N3O3/c1-11(2,6-5-9(15)16)7-8-12-10(17)13-14(3)4/h5-8H2,1-4H3,(H,15,16)(H2,12,13,17). The van der Waals surface area contributed by atoms with Crippen LogP contribution >= 0.6 is 0 Å². The van der Waals surface area contributed by atoms with Crippen molar-refractivity contribution >= 4 is 12.0 Å². The zero-order valence-electron chi connectivity index (χ0n) is 11.0. The molecule has 0 spiro atoms. The molecular weight excluding hydrogens is 222 g/mol. The van der Waals surface area contributed by atoms with Crippen LogP contribution in [0.2, 0.25) is 0 Å². The minimum Gasteiger partial charge on any atom is -0.481 e. The number of carbonyl (C=O) groups is 2. The number of carbonyl (C=O) groups excluding carboxylic acids is 1. The van der Waals surface area contributed by atoms with Gasteiger partial charge in [-0.3, -0.25) is 10.2 Å². The van der Waals surface area contributed by atoms with Crippen molar-refractivity contribution < 1.29 is 14.7 Å². The van der Waals surface area contributed by atoms with Crippen molar-refractivity contribution in [1.82, 2.24) is 15.8 Å². The Morgan fingerprint density at radius 1 is 1.24 bits per heavy atom. The van der Waals surface area contributed by atoms with Crippen molar-refractivity contribution in [2.24, 2.45) is 5.41 Å². The van der Waals surface area contributed by atoms with E-state index in [0.29, 0.717) is 13.0 Å². The van der Waals surface area contributed by atoms with Crippen LogP contribution in [0.25, 0.3) is 0 Å². The summed E-state index contributed by atoms with van der Waals surface area (Å²) in [6, 6.07) is -0.246. The molecule has 0 fully saturated rings. The van der Waals surface area contributed by atoms with E-state index in [-0.39, 0.29) is 17.9 Å². The molecule has 0 aromatic carbocycles. The first-order valence-electron chi connectivity index (χ1n) is 5.66. The number of amides is 2. The number of carboxylic acids is 1. The van der Waals surface area contributed by atoms with Gasteiger partial charge in [0, 0.05) is 27.1 Å². The molecule has 0 saturated heterocycles. The molecule has 0 rings (SSSR count). The summed E-state index contributed by atoms with van der Waals surface area (Å²) in [5, 5.41) is 12.9. The summed E-state index contributed by atoms with van der Waals surface area (Å²) in [5.41, 5.74) is 2.49. The number of hydrazine groups is 1. The first-order chi connectivity index (χ1) is 7.73. The molecule has 0 unspecified atom stereocenters. The highest BCUT2D eigenvalue weighted by Gasteiger charge is 2.19. The second-order valence-corrected chi connectivity index (χ2v) is 5.07. The maximum atomic E-state index is 11.2. The number of nitrogens with zero attached hydrogens (tertiary/aromatic N) is 1. The third kappa shape index (κ3) is 9.62. The number of carboxylic acid groups (broad SMARTS) is 1. The van der Waals surface area contributed by atoms with Crippen molar-refractivity contribution in [3.05, 3.63) is 0 Å². The van der Waals surface area contributed by atoms with Gasteiger partial charge in [-0.15, -0.1) is 0 Å². The van der Waals surface area contributed by atoms with Crippen LogP contribution in [0.5, 0.6) is 0 Å². The molecule has 0 aliphatic heterocycles. The van der Waals surface area contributed by atoms with Crippen LogP contribution in [0, 0.1) is 5.41 Å². The van der Waals surface area contributed by atoms with E-state index in [1.807, 2.05) is 13.8 Å². The molecule has 0 bridgehead atoms. The Hall–Kier alpha value is -1.30. The summed E-state index contributed by atoms with van der Waals surface area (Å²) in [6.07, 6.45) is 1.53. The van der Waals surface area contributed by atoms with E-state index in [2.05, 4.69) is 10.7 Å². The Bertz CT molecular complexity index is 265. The molecule has 0 atom stereocenters. The highest BCUT2D eigenvalue weighted by molar-refractivity contribution is 5.73. The zero-order valence-corrected chi connectivity index (χ0v) is 11.0. The van der Waals surface area contributed by atoms with Gasteiger partial charge in [-0.1, -0.05) is 13.8 Å². The Morgan fingerprint density at radius 3 is 2.29 bits per heavy atom. The molecule has 2 amide bonds. The number of hydrogen-bond donors (Lipinski definition) is 3. The fraction of sp³-hybridized carbons (Fsp3) is 0.818. The van der Waals surface area contributed by atoms with E-state index in [9.17, 15) is 9.59 Å². The summed E-state index contributed by atoms with van der Waals surface area (Å²) in [4.78, 5) is 21.7. The monoisotopic (exact) mass is 245 g/mol. The lowest BCUT2D eigenvalue weighted by atomic mass is 9.84. The van der Waals surface area contributed by atoms with E-state index >= 15 is 0 Å². The Labute approximate surface area is 102 Å². The van der Waals surface area contributed by atoms with Gasteiger partial charge in [0.15, 0.2) is 0 Å². The lowest BCUT2D eigenvalue weighted by Gasteiger charge is -2.24. The Balaban J connectivity index is 3.78. The Kier molecular flexibility index (Phi) is 6.57. The fourth-order valence-corrected chi connectivity index (χ4v) is 1.33. The third-order valence-corrected chi connectivity index (χ3v) is 2.43. The van der Waals surface area contributed by atoms with E-state index in [1.165, 1.54) is 0 Å². The van der Waals surface area contributed by atoms with Gasteiger partial charge in [0.1, 0.15) is 0 Å². The maximum absolute atomic E-state index is 11.2. The Morgan fingerprint density at radius 2 is 1.82 bits per heavy atom. The van der Waals surface area contributed by atoms with Gasteiger partial charge in [0.2, 0.25) is 0 Å². The van der Waals surface area contributed by atoms with Gasteiger partial charge in [-0.2, -0.15) is 0 Å². The first-order valence-corrected chi connectivity index (χ1v) is 5.66. The van der Waals surface area contributed by atoms with Crippen molar-refractivity contribution in [3.8, 4) is 0 Å². The SMILES string of the molecule is CN(C)NC(=O)NCCC(C)(C)CCC(=O)O. The number of aliphatic carboxylic acids is 1. The predicted octanol–water partition coefficient (Wildman–Crippen LogP) is 1.04. The minimum atomic E-state index is -0.781. The smallest absolute Gasteiger partial charge is 0.329 e. The molecule has 6 heteroatoms. The van der Waals surface area contributed by atoms with Crippen molar-refractivity contribution in [2.45, 2.75) is 33.1 Å². The minimum absolute atomic E-state index is 0.0796. The zero-order chi connectivity index (χ0) is 13.5. The number of urea groups is 1. The van der Waals surface area contributed by atoms with E-state index in [0.717, 1.165) is 6.42 Å². The summed E-state index contributed by atoms with van der Waals surface area (Å²) in [6.45, 7) is 4.54. The summed E-state index contributed by atoms with van der Waals surface area (Å²) in [5.74, 6) is -0.781. The normalized spacial score (nSPS) is 11.4. The van der Waals surface area contributed by atoms with Gasteiger partial charge in [0.05, 0.1) is 0 Å². The summed E-state index contributed by atoms with van der Waals surface area (Å²) >= 11 is 0. The van der Waals surface area contributed by atoms with Crippen molar-refractivity contribution in [3.63, 3.8) is 0 Å². The van der Waals surface area contributed by atoms with Crippen molar-refractivity contribution in [1.29, 1.82) is 0 Å². The van der Waals surface area contributed by atoms with E-state index in [4.69, 9.17) is 5.11 Å². The number of rotatable bonds is 7. The van der Waals surface area contributed by atoms with E-state index in [1.54, 1.807) is 19.1 Å². The molecule has 0 aliphatic carbocycles. The molecule has 0 aromatic heterocycles.